The van der Waals surface area contributed by atoms with E-state index in [4.69, 9.17) is 16.1 Å². The number of benzene rings is 1. The normalized spacial score (nSPS) is 15.8. The molecule has 1 aliphatic carbocycles. The molecule has 20 heavy (non-hydrogen) atoms. The van der Waals surface area contributed by atoms with Gasteiger partial charge in [0, 0.05) is 16.7 Å². The Balaban J connectivity index is 1.90. The first kappa shape index (κ1) is 13.4. The van der Waals surface area contributed by atoms with Crippen molar-refractivity contribution < 1.29 is 0 Å². The third-order valence-corrected chi connectivity index (χ3v) is 5.13. The second-order valence-corrected chi connectivity index (χ2v) is 6.42. The predicted octanol–water partition coefficient (Wildman–Crippen LogP) is 3.80. The Morgan fingerprint density at radius 1 is 1.30 bits per heavy atom. The van der Waals surface area contributed by atoms with E-state index < -0.39 is 0 Å². The molecule has 0 bridgehead atoms. The van der Waals surface area contributed by atoms with Gasteiger partial charge in [-0.25, -0.2) is 4.98 Å². The molecule has 1 aromatic carbocycles. The van der Waals surface area contributed by atoms with Gasteiger partial charge in [0.15, 0.2) is 0 Å². The molecule has 0 saturated heterocycles. The lowest BCUT2D eigenvalue weighted by Gasteiger charge is -2.12. The first-order chi connectivity index (χ1) is 9.74. The maximum Gasteiger partial charge on any atom is 0.125 e. The second-order valence-electron chi connectivity index (χ2n) is 5.41. The van der Waals surface area contributed by atoms with Gasteiger partial charge in [-0.15, -0.1) is 11.8 Å². The molecule has 0 spiro atoms. The van der Waals surface area contributed by atoms with Gasteiger partial charge in [-0.1, -0.05) is 31.0 Å². The fraction of sp³-hybridized carbons (Fsp3) is 0.375. The molecule has 1 fully saturated rings. The zero-order chi connectivity index (χ0) is 13.9. The topological polar surface area (TPSA) is 62.8 Å². The highest BCUT2D eigenvalue weighted by Gasteiger charge is 2.17. The number of pyridine rings is 1. The minimum Gasteiger partial charge on any atom is -0.384 e. The van der Waals surface area contributed by atoms with E-state index in [1.807, 2.05) is 30.3 Å². The van der Waals surface area contributed by atoms with Gasteiger partial charge >= 0.3 is 0 Å². The number of para-hydroxylation sites is 1. The van der Waals surface area contributed by atoms with Gasteiger partial charge in [-0.2, -0.15) is 0 Å². The lowest BCUT2D eigenvalue weighted by Crippen LogP contribution is -2.13. The smallest absolute Gasteiger partial charge is 0.125 e. The minimum atomic E-state index is 0.108. The fourth-order valence-electron chi connectivity index (χ4n) is 2.78. The van der Waals surface area contributed by atoms with Gasteiger partial charge < -0.3 is 5.73 Å². The molecule has 0 amide bonds. The summed E-state index contributed by atoms with van der Waals surface area (Å²) in [6, 6.07) is 9.99. The van der Waals surface area contributed by atoms with Gasteiger partial charge in [-0.3, -0.25) is 5.41 Å². The van der Waals surface area contributed by atoms with E-state index in [2.05, 4.69) is 0 Å². The number of fused-ring (bicyclic) bond motifs is 1. The number of hydrogen-bond donors (Lipinski definition) is 2. The van der Waals surface area contributed by atoms with Crippen molar-refractivity contribution in [1.29, 1.82) is 5.41 Å². The molecule has 0 aliphatic heterocycles. The number of thioether (sulfide) groups is 1. The summed E-state index contributed by atoms with van der Waals surface area (Å²) in [6.45, 7) is 0. The molecule has 0 atom stereocenters. The van der Waals surface area contributed by atoms with Crippen molar-refractivity contribution in [3.05, 3.63) is 35.9 Å². The first-order valence-electron chi connectivity index (χ1n) is 7.11. The Kier molecular flexibility index (Phi) is 3.92. The van der Waals surface area contributed by atoms with Crippen molar-refractivity contribution in [2.75, 3.05) is 5.75 Å². The molecule has 3 rings (SSSR count). The van der Waals surface area contributed by atoms with Crippen molar-refractivity contribution in [2.45, 2.75) is 30.7 Å². The summed E-state index contributed by atoms with van der Waals surface area (Å²) in [4.78, 5) is 4.70. The number of nitrogens with one attached hydrogen (secondary N) is 1. The highest BCUT2D eigenvalue weighted by molar-refractivity contribution is 7.99. The molecule has 1 aromatic heterocycles. The van der Waals surface area contributed by atoms with Crippen LogP contribution in [0.1, 0.15) is 31.2 Å². The largest absolute Gasteiger partial charge is 0.384 e. The predicted molar refractivity (Wildman–Crippen MR) is 85.4 cm³/mol. The van der Waals surface area contributed by atoms with E-state index in [-0.39, 0.29) is 5.84 Å². The zero-order valence-corrected chi connectivity index (χ0v) is 12.2. The summed E-state index contributed by atoms with van der Waals surface area (Å²) in [5.41, 5.74) is 7.47. The molecule has 1 aliphatic rings. The Hall–Kier alpha value is -1.55. The molecule has 0 radical (unpaired) electrons. The number of nitrogen functional groups attached to an aromatic ring is 1. The van der Waals surface area contributed by atoms with Crippen LogP contribution in [0.25, 0.3) is 10.9 Å². The van der Waals surface area contributed by atoms with Crippen molar-refractivity contribution in [2.24, 2.45) is 11.7 Å². The summed E-state index contributed by atoms with van der Waals surface area (Å²) in [6.07, 6.45) is 5.37. The van der Waals surface area contributed by atoms with E-state index in [0.29, 0.717) is 0 Å². The number of aromatic nitrogens is 1. The molecule has 1 heterocycles. The van der Waals surface area contributed by atoms with E-state index in [9.17, 15) is 0 Å². The Morgan fingerprint density at radius 2 is 2.05 bits per heavy atom. The van der Waals surface area contributed by atoms with Gasteiger partial charge in [0.1, 0.15) is 10.9 Å². The first-order valence-corrected chi connectivity index (χ1v) is 8.09. The summed E-state index contributed by atoms with van der Waals surface area (Å²) < 4.78 is 0. The molecule has 4 heteroatoms. The number of hydrogen-bond acceptors (Lipinski definition) is 3. The number of amidine groups is 1. The standard InChI is InChI=1S/C16H19N3S/c17-15(18)13-9-12-7-3-4-8-14(12)19-16(13)20-10-11-5-1-2-6-11/h3-4,7-9,11H,1-2,5-6,10H2,(H3,17,18). The van der Waals surface area contributed by atoms with E-state index >= 15 is 0 Å². The third kappa shape index (κ3) is 2.80. The maximum atomic E-state index is 7.76. The Bertz CT molecular complexity index is 633. The van der Waals surface area contributed by atoms with E-state index in [0.717, 1.165) is 33.2 Å². The van der Waals surface area contributed by atoms with Gasteiger partial charge in [0.05, 0.1) is 5.52 Å². The highest BCUT2D eigenvalue weighted by atomic mass is 32.2. The van der Waals surface area contributed by atoms with Crippen LogP contribution in [0, 0.1) is 11.3 Å². The number of rotatable bonds is 4. The quantitative estimate of drug-likeness (QED) is 0.510. The molecule has 3 N–H and O–H groups in total. The molecular formula is C16H19N3S. The molecular weight excluding hydrogens is 266 g/mol. The van der Waals surface area contributed by atoms with Crippen LogP contribution < -0.4 is 5.73 Å². The molecule has 104 valence electrons. The fourth-order valence-corrected chi connectivity index (χ4v) is 3.99. The minimum absolute atomic E-state index is 0.108. The molecule has 2 aromatic rings. The SMILES string of the molecule is N=C(N)c1cc2ccccc2nc1SCC1CCCC1. The van der Waals surface area contributed by atoms with Gasteiger partial charge in [0.25, 0.3) is 0 Å². The van der Waals surface area contributed by atoms with E-state index in [1.54, 1.807) is 11.8 Å². The van der Waals surface area contributed by atoms with Crippen molar-refractivity contribution >= 4 is 28.5 Å². The summed E-state index contributed by atoms with van der Waals surface area (Å²) >= 11 is 1.76. The Labute approximate surface area is 123 Å². The van der Waals surface area contributed by atoms with E-state index in [1.165, 1.54) is 25.7 Å². The number of nitrogens with two attached hydrogens (primary N) is 1. The summed E-state index contributed by atoms with van der Waals surface area (Å²) in [5, 5.41) is 9.71. The van der Waals surface area contributed by atoms with Crippen LogP contribution in [-0.2, 0) is 0 Å². The van der Waals surface area contributed by atoms with Crippen molar-refractivity contribution in [3.8, 4) is 0 Å². The summed E-state index contributed by atoms with van der Waals surface area (Å²) in [7, 11) is 0. The zero-order valence-electron chi connectivity index (χ0n) is 11.4. The highest BCUT2D eigenvalue weighted by Crippen LogP contribution is 2.32. The lowest BCUT2D eigenvalue weighted by molar-refractivity contribution is 0.623. The van der Waals surface area contributed by atoms with Crippen LogP contribution in [-0.4, -0.2) is 16.6 Å². The maximum absolute atomic E-state index is 7.76. The average Bonchev–Trinajstić information content (AvgIpc) is 2.97. The van der Waals surface area contributed by atoms with Crippen LogP contribution in [0.15, 0.2) is 35.4 Å². The molecule has 3 nitrogen and oxygen atoms in total. The van der Waals surface area contributed by atoms with Crippen LogP contribution >= 0.6 is 11.8 Å². The third-order valence-electron chi connectivity index (χ3n) is 3.91. The van der Waals surface area contributed by atoms with Crippen LogP contribution in [0.3, 0.4) is 0 Å². The van der Waals surface area contributed by atoms with Crippen molar-refractivity contribution in [3.63, 3.8) is 0 Å². The van der Waals surface area contributed by atoms with Crippen LogP contribution in [0.4, 0.5) is 0 Å². The average molecular weight is 285 g/mol. The number of nitrogens with zero attached hydrogens (tertiary/aromatic N) is 1. The monoisotopic (exact) mass is 285 g/mol. The lowest BCUT2D eigenvalue weighted by atomic mass is 10.1. The van der Waals surface area contributed by atoms with Gasteiger partial charge in [-0.05, 0) is 30.9 Å². The summed E-state index contributed by atoms with van der Waals surface area (Å²) in [5.74, 6) is 2.00. The van der Waals surface area contributed by atoms with Crippen LogP contribution in [0.2, 0.25) is 0 Å². The molecule has 0 unspecified atom stereocenters. The van der Waals surface area contributed by atoms with Gasteiger partial charge in [0.2, 0.25) is 0 Å². The van der Waals surface area contributed by atoms with Crippen LogP contribution in [0.5, 0.6) is 0 Å². The van der Waals surface area contributed by atoms with Crippen molar-refractivity contribution in [1.82, 2.24) is 4.98 Å². The molecule has 1 saturated carbocycles. The Morgan fingerprint density at radius 3 is 2.80 bits per heavy atom. The second kappa shape index (κ2) is 5.83.